The Morgan fingerprint density at radius 1 is 1.25 bits per heavy atom. The zero-order valence-electron chi connectivity index (χ0n) is 9.26. The van der Waals surface area contributed by atoms with Crippen molar-refractivity contribution in [3.8, 4) is 11.8 Å². The summed E-state index contributed by atoms with van der Waals surface area (Å²) in [6.45, 7) is 2.10. The first kappa shape index (κ1) is 13.5. The number of hydrogen-bond acceptors (Lipinski definition) is 0. The largest absolute Gasteiger partial charge is 0.0879 e. The molecule has 1 aromatic rings. The lowest BCUT2D eigenvalue weighted by atomic mass is 10.0. The molecule has 0 unspecified atom stereocenters. The zero-order valence-corrected chi connectivity index (χ0v) is 12.4. The first-order chi connectivity index (χ1) is 7.76. The number of allylic oxidation sites excluding steroid dienone is 2. The molecule has 0 aromatic heterocycles. The van der Waals surface area contributed by atoms with Crippen molar-refractivity contribution in [2.75, 3.05) is 10.7 Å². The monoisotopic (exact) mass is 340 g/mol. The summed E-state index contributed by atoms with van der Waals surface area (Å²) >= 11 is 6.77. The van der Waals surface area contributed by atoms with Gasteiger partial charge in [0.05, 0.1) is 5.33 Å². The van der Waals surface area contributed by atoms with Crippen LogP contribution in [0.1, 0.15) is 11.1 Å². The van der Waals surface area contributed by atoms with E-state index in [1.807, 2.05) is 6.08 Å². The molecule has 0 spiro atoms. The number of alkyl halides is 2. The van der Waals surface area contributed by atoms with E-state index in [1.54, 1.807) is 0 Å². The zero-order chi connectivity index (χ0) is 11.8. The van der Waals surface area contributed by atoms with Crippen molar-refractivity contribution in [1.29, 1.82) is 0 Å². The normalized spacial score (nSPS) is 10.8. The van der Waals surface area contributed by atoms with E-state index in [2.05, 4.69) is 74.9 Å². The fraction of sp³-hybridized carbons (Fsp3) is 0.286. The van der Waals surface area contributed by atoms with Gasteiger partial charge >= 0.3 is 0 Å². The Morgan fingerprint density at radius 2 is 1.94 bits per heavy atom. The first-order valence-corrected chi connectivity index (χ1v) is 7.34. The van der Waals surface area contributed by atoms with Crippen LogP contribution in [-0.2, 0) is 6.42 Å². The topological polar surface area (TPSA) is 0 Å². The highest BCUT2D eigenvalue weighted by Crippen LogP contribution is 2.11. The second kappa shape index (κ2) is 7.70. The van der Waals surface area contributed by atoms with Crippen molar-refractivity contribution in [3.63, 3.8) is 0 Å². The highest BCUT2D eigenvalue weighted by atomic mass is 79.9. The molecule has 16 heavy (non-hydrogen) atoms. The predicted octanol–water partition coefficient (Wildman–Crippen LogP) is 4.26. The van der Waals surface area contributed by atoms with Crippen molar-refractivity contribution in [3.05, 3.63) is 47.0 Å². The fourth-order valence-electron chi connectivity index (χ4n) is 1.30. The van der Waals surface area contributed by atoms with E-state index < -0.39 is 0 Å². The number of halogens is 2. The first-order valence-electron chi connectivity index (χ1n) is 5.10. The van der Waals surface area contributed by atoms with Gasteiger partial charge in [-0.3, -0.25) is 0 Å². The van der Waals surface area contributed by atoms with Gasteiger partial charge in [-0.2, -0.15) is 0 Å². The van der Waals surface area contributed by atoms with Gasteiger partial charge in [0.2, 0.25) is 0 Å². The summed E-state index contributed by atoms with van der Waals surface area (Å²) in [6, 6.07) is 8.63. The summed E-state index contributed by atoms with van der Waals surface area (Å²) < 4.78 is 0. The van der Waals surface area contributed by atoms with Crippen molar-refractivity contribution in [1.82, 2.24) is 0 Å². The lowest BCUT2D eigenvalue weighted by Gasteiger charge is -2.03. The van der Waals surface area contributed by atoms with Crippen molar-refractivity contribution >= 4 is 31.9 Å². The SMILES string of the molecule is Cc1ccc(C/C(=C\C#CCBr)CBr)cc1. The minimum atomic E-state index is 0.726. The second-order valence-electron chi connectivity index (χ2n) is 3.55. The molecule has 0 radical (unpaired) electrons. The molecule has 0 N–H and O–H groups in total. The molecule has 0 amide bonds. The van der Waals surface area contributed by atoms with Gasteiger partial charge in [-0.25, -0.2) is 0 Å². The summed E-state index contributed by atoms with van der Waals surface area (Å²) in [5.74, 6) is 6.01. The third-order valence-corrected chi connectivity index (χ3v) is 3.17. The van der Waals surface area contributed by atoms with E-state index in [1.165, 1.54) is 16.7 Å². The van der Waals surface area contributed by atoms with Gasteiger partial charge in [0, 0.05) is 5.33 Å². The lowest BCUT2D eigenvalue weighted by molar-refractivity contribution is 1.15. The molecule has 84 valence electrons. The van der Waals surface area contributed by atoms with Crippen LogP contribution in [0.5, 0.6) is 0 Å². The molecule has 0 aliphatic carbocycles. The van der Waals surface area contributed by atoms with Crippen molar-refractivity contribution < 1.29 is 0 Å². The average molecular weight is 342 g/mol. The van der Waals surface area contributed by atoms with Crippen LogP contribution in [0, 0.1) is 18.8 Å². The van der Waals surface area contributed by atoms with Crippen LogP contribution >= 0.6 is 31.9 Å². The molecule has 1 rings (SSSR count). The summed E-state index contributed by atoms with van der Waals surface area (Å²) in [5, 5.41) is 1.60. The Balaban J connectivity index is 2.70. The molecule has 0 atom stereocenters. The summed E-state index contributed by atoms with van der Waals surface area (Å²) in [4.78, 5) is 0. The van der Waals surface area contributed by atoms with Crippen LogP contribution in [0.25, 0.3) is 0 Å². The van der Waals surface area contributed by atoms with E-state index in [0.717, 1.165) is 17.1 Å². The number of rotatable bonds is 3. The van der Waals surface area contributed by atoms with E-state index in [-0.39, 0.29) is 0 Å². The van der Waals surface area contributed by atoms with Crippen LogP contribution in [0.15, 0.2) is 35.9 Å². The summed E-state index contributed by atoms with van der Waals surface area (Å²) in [7, 11) is 0. The molecule has 0 heterocycles. The van der Waals surface area contributed by atoms with Gasteiger partial charge in [0.1, 0.15) is 0 Å². The molecule has 0 nitrogen and oxygen atoms in total. The van der Waals surface area contributed by atoms with Gasteiger partial charge < -0.3 is 0 Å². The van der Waals surface area contributed by atoms with Gasteiger partial charge in [0.15, 0.2) is 0 Å². The maximum Gasteiger partial charge on any atom is 0.0649 e. The standard InChI is InChI=1S/C14H14Br2/c1-12-5-7-13(8-6-12)10-14(11-16)4-2-3-9-15/h4-8H,9-11H2,1H3/b14-4+. The Labute approximate surface area is 114 Å². The molecule has 1 aromatic carbocycles. The van der Waals surface area contributed by atoms with Crippen molar-refractivity contribution in [2.24, 2.45) is 0 Å². The maximum absolute atomic E-state index is 3.49. The molecule has 0 fully saturated rings. The van der Waals surface area contributed by atoms with Crippen molar-refractivity contribution in [2.45, 2.75) is 13.3 Å². The fourth-order valence-corrected chi connectivity index (χ4v) is 1.82. The molecule has 2 heteroatoms. The van der Waals surface area contributed by atoms with Crippen LogP contribution < -0.4 is 0 Å². The highest BCUT2D eigenvalue weighted by molar-refractivity contribution is 9.09. The molecular weight excluding hydrogens is 328 g/mol. The highest BCUT2D eigenvalue weighted by Gasteiger charge is 1.97. The second-order valence-corrected chi connectivity index (χ2v) is 4.67. The molecular formula is C14H14Br2. The number of hydrogen-bond donors (Lipinski definition) is 0. The third-order valence-electron chi connectivity index (χ3n) is 2.17. The van der Waals surface area contributed by atoms with Crippen LogP contribution in [0.2, 0.25) is 0 Å². The van der Waals surface area contributed by atoms with Gasteiger partial charge in [-0.1, -0.05) is 73.5 Å². The molecule has 0 saturated carbocycles. The van der Waals surface area contributed by atoms with Crippen LogP contribution in [-0.4, -0.2) is 10.7 Å². The quantitative estimate of drug-likeness (QED) is 0.569. The summed E-state index contributed by atoms with van der Waals surface area (Å²) in [5.41, 5.74) is 3.93. The Bertz CT molecular complexity index is 405. The van der Waals surface area contributed by atoms with E-state index in [4.69, 9.17) is 0 Å². The smallest absolute Gasteiger partial charge is 0.0649 e. The third kappa shape index (κ3) is 5.01. The number of aryl methyl sites for hydroxylation is 1. The minimum Gasteiger partial charge on any atom is -0.0879 e. The van der Waals surface area contributed by atoms with Gasteiger partial charge in [-0.15, -0.1) is 0 Å². The minimum absolute atomic E-state index is 0.726. The molecule has 0 aliphatic rings. The van der Waals surface area contributed by atoms with E-state index in [0.29, 0.717) is 0 Å². The Morgan fingerprint density at radius 3 is 2.50 bits per heavy atom. The van der Waals surface area contributed by atoms with Crippen LogP contribution in [0.3, 0.4) is 0 Å². The van der Waals surface area contributed by atoms with E-state index in [9.17, 15) is 0 Å². The predicted molar refractivity (Wildman–Crippen MR) is 78.3 cm³/mol. The maximum atomic E-state index is 3.49. The van der Waals surface area contributed by atoms with Gasteiger partial charge in [-0.05, 0) is 30.6 Å². The molecule has 0 bridgehead atoms. The summed E-state index contributed by atoms with van der Waals surface area (Å²) in [6.07, 6.45) is 2.96. The molecule has 0 aliphatic heterocycles. The van der Waals surface area contributed by atoms with Crippen LogP contribution in [0.4, 0.5) is 0 Å². The van der Waals surface area contributed by atoms with E-state index >= 15 is 0 Å². The number of benzene rings is 1. The lowest BCUT2D eigenvalue weighted by Crippen LogP contribution is -1.91. The Kier molecular flexibility index (Phi) is 6.52. The Hall–Kier alpha value is -0.520. The molecule has 0 saturated heterocycles. The average Bonchev–Trinajstić information content (AvgIpc) is 2.31. The van der Waals surface area contributed by atoms with Gasteiger partial charge in [0.25, 0.3) is 0 Å².